The van der Waals surface area contributed by atoms with Gasteiger partial charge in [0.05, 0.1) is 30.1 Å². The molecule has 0 radical (unpaired) electrons. The predicted octanol–water partition coefficient (Wildman–Crippen LogP) is 5.34. The lowest BCUT2D eigenvalue weighted by atomic mass is 10.1. The number of carbonyl (C=O) groups is 1. The van der Waals surface area contributed by atoms with Gasteiger partial charge in [-0.05, 0) is 70.5 Å². The highest BCUT2D eigenvalue weighted by atomic mass is 16.5. The van der Waals surface area contributed by atoms with Crippen LogP contribution in [0.2, 0.25) is 0 Å². The largest absolute Gasteiger partial charge is 0.493 e. The molecule has 3 aromatic rings. The number of amides is 1. The first kappa shape index (κ1) is 23.0. The minimum atomic E-state index is -0.467. The van der Waals surface area contributed by atoms with E-state index >= 15 is 0 Å². The van der Waals surface area contributed by atoms with Crippen molar-refractivity contribution in [3.8, 4) is 17.0 Å². The third kappa shape index (κ3) is 5.25. The average Bonchev–Trinajstić information content (AvgIpc) is 3.43. The number of anilines is 2. The van der Waals surface area contributed by atoms with E-state index < -0.39 is 6.09 Å². The monoisotopic (exact) mass is 450 g/mol. The fourth-order valence-electron chi connectivity index (χ4n) is 4.60. The van der Waals surface area contributed by atoms with Crippen LogP contribution >= 0.6 is 0 Å². The Labute approximate surface area is 195 Å². The zero-order valence-electron chi connectivity index (χ0n) is 19.6. The number of ether oxygens (including phenoxy) is 2. The van der Waals surface area contributed by atoms with Crippen LogP contribution in [0.4, 0.5) is 16.2 Å². The Morgan fingerprint density at radius 2 is 1.94 bits per heavy atom. The summed E-state index contributed by atoms with van der Waals surface area (Å²) < 4.78 is 13.3. The summed E-state index contributed by atoms with van der Waals surface area (Å²) in [6.45, 7) is 9.21. The fourth-order valence-corrected chi connectivity index (χ4v) is 4.60. The second-order valence-electron chi connectivity index (χ2n) is 8.36. The van der Waals surface area contributed by atoms with Gasteiger partial charge in [0.15, 0.2) is 0 Å². The van der Waals surface area contributed by atoms with E-state index in [4.69, 9.17) is 15.2 Å². The van der Waals surface area contributed by atoms with Crippen LogP contribution in [0.15, 0.2) is 42.5 Å². The number of nitrogen functional groups attached to an aromatic ring is 1. The minimum Gasteiger partial charge on any atom is -0.493 e. The Bertz CT molecular complexity index is 1100. The maximum Gasteiger partial charge on any atom is 0.411 e. The minimum absolute atomic E-state index is 0.325. The van der Waals surface area contributed by atoms with E-state index in [0.717, 1.165) is 53.1 Å². The highest BCUT2D eigenvalue weighted by Gasteiger charge is 2.17. The second kappa shape index (κ2) is 10.6. The van der Waals surface area contributed by atoms with Crippen molar-refractivity contribution in [3.05, 3.63) is 42.5 Å². The van der Waals surface area contributed by atoms with Gasteiger partial charge in [-0.1, -0.05) is 12.1 Å². The van der Waals surface area contributed by atoms with Crippen molar-refractivity contribution in [2.24, 2.45) is 0 Å². The topological polar surface area (TPSA) is 81.8 Å². The molecule has 2 aromatic carbocycles. The van der Waals surface area contributed by atoms with Gasteiger partial charge >= 0.3 is 6.09 Å². The van der Waals surface area contributed by atoms with Gasteiger partial charge in [-0.15, -0.1) is 0 Å². The number of nitrogens with one attached hydrogen (secondary N) is 1. The second-order valence-corrected chi connectivity index (χ2v) is 8.36. The summed E-state index contributed by atoms with van der Waals surface area (Å²) in [6.07, 6.45) is 3.19. The number of rotatable bonds is 9. The van der Waals surface area contributed by atoms with Crippen LogP contribution < -0.4 is 15.8 Å². The number of aromatic nitrogens is 1. The molecule has 176 valence electrons. The SMILES string of the molecule is CCOC(=O)Nc1cccc(-c2c(N)c3ccc(OCCCN4CCCC4)cc3n2CC)c1. The summed E-state index contributed by atoms with van der Waals surface area (Å²) in [5.74, 6) is 0.861. The molecule has 0 saturated carbocycles. The zero-order valence-corrected chi connectivity index (χ0v) is 19.6. The Morgan fingerprint density at radius 3 is 2.70 bits per heavy atom. The first-order valence-corrected chi connectivity index (χ1v) is 11.9. The quantitative estimate of drug-likeness (QED) is 0.430. The van der Waals surface area contributed by atoms with Crippen molar-refractivity contribution < 1.29 is 14.3 Å². The van der Waals surface area contributed by atoms with Crippen LogP contribution in [0.5, 0.6) is 5.75 Å². The predicted molar refractivity (Wildman–Crippen MR) is 134 cm³/mol. The normalized spacial score (nSPS) is 14.0. The molecule has 0 aliphatic carbocycles. The molecule has 0 bridgehead atoms. The van der Waals surface area contributed by atoms with Crippen molar-refractivity contribution >= 4 is 28.4 Å². The fraction of sp³-hybridized carbons (Fsp3) is 0.423. The lowest BCUT2D eigenvalue weighted by Gasteiger charge is -2.14. The first-order valence-electron chi connectivity index (χ1n) is 11.9. The number of nitrogens with two attached hydrogens (primary N) is 1. The Kier molecular flexibility index (Phi) is 7.40. The van der Waals surface area contributed by atoms with Crippen LogP contribution in [0.25, 0.3) is 22.2 Å². The molecule has 1 fully saturated rings. The van der Waals surface area contributed by atoms with E-state index in [0.29, 0.717) is 18.9 Å². The lowest BCUT2D eigenvalue weighted by Crippen LogP contribution is -2.21. The van der Waals surface area contributed by atoms with Crippen LogP contribution in [0.1, 0.15) is 33.1 Å². The molecule has 3 N–H and O–H groups in total. The zero-order chi connectivity index (χ0) is 23.2. The van der Waals surface area contributed by atoms with Gasteiger partial charge in [0.1, 0.15) is 5.75 Å². The van der Waals surface area contributed by atoms with Crippen molar-refractivity contribution in [1.82, 2.24) is 9.47 Å². The molecule has 0 spiro atoms. The van der Waals surface area contributed by atoms with E-state index in [1.165, 1.54) is 25.9 Å². The third-order valence-corrected chi connectivity index (χ3v) is 6.14. The molecule has 0 unspecified atom stereocenters. The Balaban J connectivity index is 1.55. The highest BCUT2D eigenvalue weighted by molar-refractivity contribution is 6.02. The molecule has 7 heteroatoms. The van der Waals surface area contributed by atoms with Crippen LogP contribution in [-0.4, -0.2) is 48.4 Å². The van der Waals surface area contributed by atoms with Gasteiger partial charge in [-0.2, -0.15) is 0 Å². The highest BCUT2D eigenvalue weighted by Crippen LogP contribution is 2.38. The van der Waals surface area contributed by atoms with Gasteiger partial charge in [-0.3, -0.25) is 5.32 Å². The average molecular weight is 451 g/mol. The van der Waals surface area contributed by atoms with Gasteiger partial charge in [0.2, 0.25) is 0 Å². The maximum absolute atomic E-state index is 11.8. The number of fused-ring (bicyclic) bond motifs is 1. The van der Waals surface area contributed by atoms with Crippen molar-refractivity contribution in [2.75, 3.05) is 43.9 Å². The number of hydrogen-bond acceptors (Lipinski definition) is 5. The molecule has 4 rings (SSSR count). The van der Waals surface area contributed by atoms with Crippen molar-refractivity contribution in [2.45, 2.75) is 39.7 Å². The number of carbonyl (C=O) groups excluding carboxylic acids is 1. The van der Waals surface area contributed by atoms with Gasteiger partial charge < -0.3 is 24.7 Å². The summed E-state index contributed by atoms with van der Waals surface area (Å²) in [6, 6.07) is 13.8. The van der Waals surface area contributed by atoms with Gasteiger partial charge in [-0.25, -0.2) is 4.79 Å². The van der Waals surface area contributed by atoms with Gasteiger partial charge in [0, 0.05) is 35.8 Å². The summed E-state index contributed by atoms with van der Waals surface area (Å²) >= 11 is 0. The molecule has 0 atom stereocenters. The molecular formula is C26H34N4O3. The van der Waals surface area contributed by atoms with E-state index in [9.17, 15) is 4.79 Å². The van der Waals surface area contributed by atoms with Crippen LogP contribution in [0.3, 0.4) is 0 Å². The molecule has 7 nitrogen and oxygen atoms in total. The third-order valence-electron chi connectivity index (χ3n) is 6.14. The van der Waals surface area contributed by atoms with Crippen molar-refractivity contribution in [3.63, 3.8) is 0 Å². The summed E-state index contributed by atoms with van der Waals surface area (Å²) in [7, 11) is 0. The molecule has 33 heavy (non-hydrogen) atoms. The Morgan fingerprint density at radius 1 is 1.12 bits per heavy atom. The van der Waals surface area contributed by atoms with Crippen LogP contribution in [0, 0.1) is 0 Å². The lowest BCUT2D eigenvalue weighted by molar-refractivity contribution is 0.168. The summed E-state index contributed by atoms with van der Waals surface area (Å²) in [5, 5.41) is 3.77. The molecule has 1 aromatic heterocycles. The molecular weight excluding hydrogens is 416 g/mol. The number of likely N-dealkylation sites (tertiary alicyclic amines) is 1. The number of nitrogens with zero attached hydrogens (tertiary/aromatic N) is 2. The molecule has 1 saturated heterocycles. The first-order chi connectivity index (χ1) is 16.1. The van der Waals surface area contributed by atoms with E-state index in [-0.39, 0.29) is 0 Å². The molecule has 1 aliphatic heterocycles. The Hall–Kier alpha value is -3.19. The number of benzene rings is 2. The van der Waals surface area contributed by atoms with E-state index in [1.807, 2.05) is 36.4 Å². The van der Waals surface area contributed by atoms with Gasteiger partial charge in [0.25, 0.3) is 0 Å². The smallest absolute Gasteiger partial charge is 0.411 e. The maximum atomic E-state index is 11.8. The molecule has 1 aliphatic rings. The number of aryl methyl sites for hydroxylation is 1. The molecule has 1 amide bonds. The van der Waals surface area contributed by atoms with E-state index in [1.54, 1.807) is 6.92 Å². The summed E-state index contributed by atoms with van der Waals surface area (Å²) in [4.78, 5) is 14.3. The van der Waals surface area contributed by atoms with Crippen LogP contribution in [-0.2, 0) is 11.3 Å². The van der Waals surface area contributed by atoms with Crippen molar-refractivity contribution in [1.29, 1.82) is 0 Å². The molecule has 2 heterocycles. The van der Waals surface area contributed by atoms with E-state index in [2.05, 4.69) is 27.8 Å². The standard InChI is InChI=1S/C26H34N4O3/c1-3-30-23-18-21(33-16-8-15-29-13-5-6-14-29)11-12-22(23)24(27)25(30)19-9-7-10-20(17-19)28-26(31)32-4-2/h7,9-12,17-18H,3-6,8,13-16,27H2,1-2H3,(H,28,31). The summed E-state index contributed by atoms with van der Waals surface area (Å²) in [5.41, 5.74) is 10.9. The number of hydrogen-bond donors (Lipinski definition) is 2.